The summed E-state index contributed by atoms with van der Waals surface area (Å²) >= 11 is 0. The number of fused-ring (bicyclic) bond motifs is 5. The van der Waals surface area contributed by atoms with Crippen molar-refractivity contribution in [3.8, 4) is 0 Å². The maximum absolute atomic E-state index is 7.41. The van der Waals surface area contributed by atoms with Crippen LogP contribution in [0.2, 0.25) is 39.3 Å². The zero-order valence-electron chi connectivity index (χ0n) is 19.9. The second-order valence-corrected chi connectivity index (χ2v) is 21.8. The largest absolute Gasteiger partial charge is 0.547 e. The zero-order chi connectivity index (χ0) is 20.7. The lowest BCUT2D eigenvalue weighted by Gasteiger charge is -2.55. The van der Waals surface area contributed by atoms with Gasteiger partial charge in [0.05, 0.1) is 11.4 Å². The van der Waals surface area contributed by atoms with E-state index >= 15 is 0 Å². The molecule has 0 bridgehead atoms. The lowest BCUT2D eigenvalue weighted by atomic mass is 9.61. The Morgan fingerprint density at radius 1 is 0.929 bits per heavy atom. The Morgan fingerprint density at radius 3 is 2.21 bits per heavy atom. The molecule has 0 heterocycles. The zero-order valence-corrected chi connectivity index (χ0v) is 21.9. The molecule has 0 aromatic rings. The predicted molar refractivity (Wildman–Crippen MR) is 123 cm³/mol. The Labute approximate surface area is 176 Å². The first-order valence-electron chi connectivity index (χ1n) is 11.9. The Hall–Kier alpha value is -0.0662. The summed E-state index contributed by atoms with van der Waals surface area (Å²) in [5.41, 5.74) is 0.567. The highest BCUT2D eigenvalue weighted by Crippen LogP contribution is 2.74. The van der Waals surface area contributed by atoms with Crippen molar-refractivity contribution in [1.82, 2.24) is 0 Å². The molecule has 4 heteroatoms. The van der Waals surface area contributed by atoms with Crippen LogP contribution in [0.25, 0.3) is 0 Å². The first kappa shape index (κ1) is 21.2. The van der Waals surface area contributed by atoms with Gasteiger partial charge in [0.2, 0.25) is 8.32 Å². The molecule has 0 aromatic carbocycles. The maximum atomic E-state index is 7.41. The van der Waals surface area contributed by atoms with E-state index in [9.17, 15) is 0 Å². The van der Waals surface area contributed by atoms with Crippen LogP contribution in [0.4, 0.5) is 0 Å². The molecular weight excluding hydrogens is 376 g/mol. The third kappa shape index (κ3) is 3.30. The van der Waals surface area contributed by atoms with E-state index in [-0.39, 0.29) is 5.60 Å². The third-order valence-corrected chi connectivity index (χ3v) is 10.3. The molecule has 4 aliphatic rings. The summed E-state index contributed by atoms with van der Waals surface area (Å²) in [6, 6.07) is 0. The fourth-order valence-electron chi connectivity index (χ4n) is 7.71. The van der Waals surface area contributed by atoms with E-state index in [0.717, 1.165) is 11.8 Å². The highest BCUT2D eigenvalue weighted by atomic mass is 28.4. The second-order valence-electron chi connectivity index (χ2n) is 13.0. The summed E-state index contributed by atoms with van der Waals surface area (Å²) in [7, 11) is -3.27. The first-order valence-corrected chi connectivity index (χ1v) is 18.7. The van der Waals surface area contributed by atoms with Gasteiger partial charge in [-0.15, -0.1) is 0 Å². The molecule has 0 aromatic heterocycles. The van der Waals surface area contributed by atoms with Gasteiger partial charge in [0.1, 0.15) is 0 Å². The molecule has 0 radical (unpaired) electrons. The van der Waals surface area contributed by atoms with E-state index in [1.807, 2.05) is 0 Å². The average Bonchev–Trinajstić information content (AvgIpc) is 2.91. The summed E-state index contributed by atoms with van der Waals surface area (Å²) in [5.74, 6) is 5.68. The van der Waals surface area contributed by atoms with Crippen molar-refractivity contribution < 1.29 is 8.85 Å². The van der Waals surface area contributed by atoms with Crippen LogP contribution < -0.4 is 0 Å². The molecule has 0 aliphatic heterocycles. The van der Waals surface area contributed by atoms with Crippen LogP contribution in [-0.4, -0.2) is 22.2 Å². The standard InChI is InChI=1S/C24H44O2Si2/c1-16-15-20-22(23(20,2)3)19-13-14-21(25-27(4,5)6)17-11-10-12-18(17)24(16,19)26-28(7,8)9/h14,16-20,22H,10-13,15H2,1-9H3/t16-,17-,18-,19+,20+,22-,24+/m1/s1. The van der Waals surface area contributed by atoms with E-state index in [1.165, 1.54) is 37.9 Å². The van der Waals surface area contributed by atoms with Crippen molar-refractivity contribution in [2.45, 2.75) is 97.8 Å². The monoisotopic (exact) mass is 420 g/mol. The Kier molecular flexibility index (Phi) is 4.89. The van der Waals surface area contributed by atoms with Gasteiger partial charge in [-0.05, 0) is 106 Å². The number of hydrogen-bond acceptors (Lipinski definition) is 2. The van der Waals surface area contributed by atoms with Crippen molar-refractivity contribution in [2.75, 3.05) is 0 Å². The summed E-state index contributed by atoms with van der Waals surface area (Å²) in [4.78, 5) is 0. The molecule has 3 saturated carbocycles. The molecule has 0 unspecified atom stereocenters. The van der Waals surface area contributed by atoms with Gasteiger partial charge in [-0.2, -0.15) is 0 Å². The summed E-state index contributed by atoms with van der Waals surface area (Å²) in [5, 5.41) is 0. The van der Waals surface area contributed by atoms with Crippen molar-refractivity contribution in [2.24, 2.45) is 40.9 Å². The summed E-state index contributed by atoms with van der Waals surface area (Å²) in [6.07, 6.45) is 9.06. The molecule has 2 nitrogen and oxygen atoms in total. The van der Waals surface area contributed by atoms with Gasteiger partial charge >= 0.3 is 0 Å². The molecule has 0 spiro atoms. The fourth-order valence-corrected chi connectivity index (χ4v) is 10.2. The molecule has 7 atom stereocenters. The molecule has 160 valence electrons. The van der Waals surface area contributed by atoms with Crippen molar-refractivity contribution in [1.29, 1.82) is 0 Å². The lowest BCUT2D eigenvalue weighted by Crippen LogP contribution is -2.60. The molecule has 0 saturated heterocycles. The highest BCUT2D eigenvalue weighted by molar-refractivity contribution is 6.70. The summed E-state index contributed by atoms with van der Waals surface area (Å²) < 4.78 is 14.2. The van der Waals surface area contributed by atoms with Crippen LogP contribution >= 0.6 is 0 Å². The lowest BCUT2D eigenvalue weighted by molar-refractivity contribution is -0.126. The number of allylic oxidation sites excluding steroid dienone is 2. The van der Waals surface area contributed by atoms with E-state index in [4.69, 9.17) is 8.85 Å². The Balaban J connectivity index is 1.80. The van der Waals surface area contributed by atoms with Crippen LogP contribution in [0.3, 0.4) is 0 Å². The van der Waals surface area contributed by atoms with E-state index in [1.54, 1.807) is 0 Å². The number of rotatable bonds is 4. The molecular formula is C24H44O2Si2. The molecule has 4 rings (SSSR count). The van der Waals surface area contributed by atoms with E-state index < -0.39 is 16.6 Å². The molecule has 0 amide bonds. The predicted octanol–water partition coefficient (Wildman–Crippen LogP) is 7.06. The quantitative estimate of drug-likeness (QED) is 0.453. The van der Waals surface area contributed by atoms with Gasteiger partial charge in [0, 0.05) is 5.92 Å². The van der Waals surface area contributed by atoms with Crippen molar-refractivity contribution in [3.05, 3.63) is 11.8 Å². The molecule has 28 heavy (non-hydrogen) atoms. The van der Waals surface area contributed by atoms with Crippen LogP contribution in [0.1, 0.15) is 52.9 Å². The van der Waals surface area contributed by atoms with Crippen LogP contribution in [0.5, 0.6) is 0 Å². The van der Waals surface area contributed by atoms with Crippen LogP contribution in [-0.2, 0) is 8.85 Å². The highest BCUT2D eigenvalue weighted by Gasteiger charge is 2.72. The summed E-state index contributed by atoms with van der Waals surface area (Å²) in [6.45, 7) is 21.9. The minimum Gasteiger partial charge on any atom is -0.547 e. The van der Waals surface area contributed by atoms with Crippen LogP contribution in [0.15, 0.2) is 11.8 Å². The van der Waals surface area contributed by atoms with Crippen LogP contribution in [0, 0.1) is 40.9 Å². The minimum atomic E-state index is -1.67. The van der Waals surface area contributed by atoms with Gasteiger partial charge in [0.25, 0.3) is 0 Å². The number of hydrogen-bond donors (Lipinski definition) is 0. The fraction of sp³-hybridized carbons (Fsp3) is 0.917. The topological polar surface area (TPSA) is 18.5 Å². The van der Waals surface area contributed by atoms with Gasteiger partial charge in [0.15, 0.2) is 8.32 Å². The average molecular weight is 421 g/mol. The minimum absolute atomic E-state index is 0.0711. The van der Waals surface area contributed by atoms with E-state index in [0.29, 0.717) is 29.1 Å². The smallest absolute Gasteiger partial charge is 0.241 e. The SMILES string of the molecule is C[C@@H]1C[C@H]2[C@@H]([C@@H]3CC=C(O[Si](C)(C)C)[C@@H]4CCC[C@H]4[C@@]13O[Si](C)(C)C)C2(C)C. The second kappa shape index (κ2) is 6.46. The Bertz CT molecular complexity index is 656. The van der Waals surface area contributed by atoms with Gasteiger partial charge in [-0.1, -0.05) is 27.2 Å². The molecule has 0 N–H and O–H groups in total. The normalized spacial score (nSPS) is 44.7. The maximum Gasteiger partial charge on any atom is 0.241 e. The van der Waals surface area contributed by atoms with Gasteiger partial charge < -0.3 is 8.85 Å². The van der Waals surface area contributed by atoms with Gasteiger partial charge in [-0.3, -0.25) is 0 Å². The molecule has 4 aliphatic carbocycles. The third-order valence-electron chi connectivity index (χ3n) is 8.47. The Morgan fingerprint density at radius 2 is 1.61 bits per heavy atom. The molecule has 3 fully saturated rings. The van der Waals surface area contributed by atoms with E-state index in [2.05, 4.69) is 66.1 Å². The van der Waals surface area contributed by atoms with Gasteiger partial charge in [-0.25, -0.2) is 0 Å². The first-order chi connectivity index (χ1) is 12.8. The van der Waals surface area contributed by atoms with Crippen molar-refractivity contribution in [3.63, 3.8) is 0 Å². The van der Waals surface area contributed by atoms with Crippen molar-refractivity contribution >= 4 is 16.6 Å².